The van der Waals surface area contributed by atoms with Crippen molar-refractivity contribution in [2.24, 2.45) is 0 Å². The first-order chi connectivity index (χ1) is 9.10. The fourth-order valence-corrected chi connectivity index (χ4v) is 2.38. The third kappa shape index (κ3) is 3.65. The third-order valence-electron chi connectivity index (χ3n) is 3.17. The van der Waals surface area contributed by atoms with E-state index in [0.29, 0.717) is 12.1 Å². The molecule has 1 fully saturated rings. The van der Waals surface area contributed by atoms with E-state index in [1.54, 1.807) is 7.11 Å². The molecule has 19 heavy (non-hydrogen) atoms. The molecule has 1 saturated heterocycles. The maximum Gasteiger partial charge on any atom is 0.224 e. The minimum Gasteiger partial charge on any atom is -0.378 e. The molecule has 2 atom stereocenters. The van der Waals surface area contributed by atoms with Gasteiger partial charge in [0.15, 0.2) is 0 Å². The average Bonchev–Trinajstić information content (AvgIpc) is 2.80. The Morgan fingerprint density at radius 1 is 1.58 bits per heavy atom. The Bertz CT molecular complexity index is 470. The minimum atomic E-state index is -0.409. The zero-order chi connectivity index (χ0) is 13.8. The second-order valence-corrected chi connectivity index (χ2v) is 4.93. The van der Waals surface area contributed by atoms with Gasteiger partial charge in [-0.3, -0.25) is 4.79 Å². The van der Waals surface area contributed by atoms with E-state index in [1.807, 2.05) is 0 Å². The van der Waals surface area contributed by atoms with E-state index in [9.17, 15) is 9.18 Å². The van der Waals surface area contributed by atoms with E-state index in [1.165, 1.54) is 18.2 Å². The zero-order valence-corrected chi connectivity index (χ0v) is 11.3. The van der Waals surface area contributed by atoms with Crippen molar-refractivity contribution in [2.75, 3.05) is 20.2 Å². The third-order valence-corrected chi connectivity index (χ3v) is 3.53. The highest BCUT2D eigenvalue weighted by Gasteiger charge is 2.28. The summed E-state index contributed by atoms with van der Waals surface area (Å²) in [5.41, 5.74) is 0.612. The Labute approximate surface area is 116 Å². The van der Waals surface area contributed by atoms with Gasteiger partial charge in [0.1, 0.15) is 5.82 Å². The summed E-state index contributed by atoms with van der Waals surface area (Å²) in [4.78, 5) is 11.9. The van der Waals surface area contributed by atoms with Crippen LogP contribution < -0.4 is 10.6 Å². The molecule has 0 aliphatic carbocycles. The number of amides is 1. The predicted octanol–water partition coefficient (Wildman–Crippen LogP) is 1.12. The topological polar surface area (TPSA) is 50.4 Å². The van der Waals surface area contributed by atoms with Crippen LogP contribution in [0.4, 0.5) is 4.39 Å². The van der Waals surface area contributed by atoms with Gasteiger partial charge < -0.3 is 15.4 Å². The second kappa shape index (κ2) is 6.32. The summed E-state index contributed by atoms with van der Waals surface area (Å²) in [7, 11) is 1.62. The molecule has 0 bridgehead atoms. The van der Waals surface area contributed by atoms with Crippen molar-refractivity contribution in [3.8, 4) is 0 Å². The maximum atomic E-state index is 12.9. The van der Waals surface area contributed by atoms with Gasteiger partial charge in [0.25, 0.3) is 0 Å². The predicted molar refractivity (Wildman–Crippen MR) is 70.7 cm³/mol. The van der Waals surface area contributed by atoms with Crippen molar-refractivity contribution in [1.82, 2.24) is 10.6 Å². The number of rotatable bonds is 4. The number of carbonyl (C=O) groups excluding carboxylic acids is 1. The Balaban J connectivity index is 1.94. The molecule has 1 amide bonds. The molecule has 2 rings (SSSR count). The molecular formula is C13H16ClFN2O2. The van der Waals surface area contributed by atoms with Crippen molar-refractivity contribution in [3.63, 3.8) is 0 Å². The van der Waals surface area contributed by atoms with Crippen LogP contribution in [0.3, 0.4) is 0 Å². The summed E-state index contributed by atoms with van der Waals surface area (Å²) in [5.74, 6) is -0.558. The zero-order valence-electron chi connectivity index (χ0n) is 10.6. The van der Waals surface area contributed by atoms with Crippen LogP contribution in [0, 0.1) is 5.82 Å². The van der Waals surface area contributed by atoms with E-state index in [0.717, 1.165) is 6.54 Å². The van der Waals surface area contributed by atoms with Gasteiger partial charge in [-0.15, -0.1) is 0 Å². The molecular weight excluding hydrogens is 271 g/mol. The van der Waals surface area contributed by atoms with Crippen LogP contribution in [0.15, 0.2) is 18.2 Å². The first kappa shape index (κ1) is 14.2. The van der Waals surface area contributed by atoms with Crippen molar-refractivity contribution in [1.29, 1.82) is 0 Å². The summed E-state index contributed by atoms with van der Waals surface area (Å²) in [6.07, 6.45) is 0.110. The van der Waals surface area contributed by atoms with Crippen LogP contribution in [0.2, 0.25) is 5.02 Å². The highest BCUT2D eigenvalue weighted by Crippen LogP contribution is 2.17. The maximum absolute atomic E-state index is 12.9. The minimum absolute atomic E-state index is 0.0207. The van der Waals surface area contributed by atoms with E-state index >= 15 is 0 Å². The smallest absolute Gasteiger partial charge is 0.224 e. The second-order valence-electron chi connectivity index (χ2n) is 4.52. The van der Waals surface area contributed by atoms with Gasteiger partial charge in [-0.2, -0.15) is 0 Å². The van der Waals surface area contributed by atoms with Gasteiger partial charge >= 0.3 is 0 Å². The molecule has 6 heteroatoms. The molecule has 4 nitrogen and oxygen atoms in total. The molecule has 1 aliphatic heterocycles. The summed E-state index contributed by atoms with van der Waals surface area (Å²) >= 11 is 5.89. The fourth-order valence-electron chi connectivity index (χ4n) is 2.14. The number of hydrogen-bond acceptors (Lipinski definition) is 3. The van der Waals surface area contributed by atoms with Crippen molar-refractivity contribution in [2.45, 2.75) is 18.6 Å². The summed E-state index contributed by atoms with van der Waals surface area (Å²) in [5, 5.41) is 6.30. The summed E-state index contributed by atoms with van der Waals surface area (Å²) < 4.78 is 18.2. The molecule has 1 aromatic rings. The molecule has 0 aromatic heterocycles. The van der Waals surface area contributed by atoms with Gasteiger partial charge in [-0.1, -0.05) is 17.7 Å². The van der Waals surface area contributed by atoms with Gasteiger partial charge in [0.2, 0.25) is 5.91 Å². The summed E-state index contributed by atoms with van der Waals surface area (Å²) in [6.45, 7) is 1.40. The number of ether oxygens (including phenoxy) is 1. The van der Waals surface area contributed by atoms with Crippen LogP contribution >= 0.6 is 11.6 Å². The van der Waals surface area contributed by atoms with E-state index < -0.39 is 5.82 Å². The molecule has 0 spiro atoms. The van der Waals surface area contributed by atoms with Gasteiger partial charge in [-0.25, -0.2) is 4.39 Å². The number of benzene rings is 1. The molecule has 104 valence electrons. The van der Waals surface area contributed by atoms with E-state index in [4.69, 9.17) is 16.3 Å². The normalized spacial score (nSPS) is 22.5. The molecule has 2 N–H and O–H groups in total. The molecule has 2 unspecified atom stereocenters. The van der Waals surface area contributed by atoms with Gasteiger partial charge in [0.05, 0.1) is 18.6 Å². The van der Waals surface area contributed by atoms with Crippen LogP contribution in [-0.4, -0.2) is 38.3 Å². The number of nitrogens with one attached hydrogen (secondary N) is 2. The first-order valence-electron chi connectivity index (χ1n) is 6.07. The number of carbonyl (C=O) groups is 1. The van der Waals surface area contributed by atoms with Crippen LogP contribution in [0.1, 0.15) is 5.56 Å². The van der Waals surface area contributed by atoms with Gasteiger partial charge in [-0.05, 0) is 17.7 Å². The van der Waals surface area contributed by atoms with E-state index in [-0.39, 0.29) is 29.5 Å². The summed E-state index contributed by atoms with van der Waals surface area (Å²) in [6, 6.07) is 3.98. The first-order valence-corrected chi connectivity index (χ1v) is 6.44. The Morgan fingerprint density at radius 3 is 3.05 bits per heavy atom. The Hall–Kier alpha value is -1.17. The lowest BCUT2D eigenvalue weighted by Crippen LogP contribution is -2.44. The number of halogens is 2. The largest absolute Gasteiger partial charge is 0.378 e. The molecule has 1 aromatic carbocycles. The van der Waals surface area contributed by atoms with Crippen LogP contribution in [-0.2, 0) is 16.0 Å². The SMILES string of the molecule is COC1CNCC1NC(=O)Cc1ccc(F)cc1Cl. The average molecular weight is 287 g/mol. The lowest BCUT2D eigenvalue weighted by atomic mass is 10.1. The Morgan fingerprint density at radius 2 is 2.37 bits per heavy atom. The number of methoxy groups -OCH3 is 1. The highest BCUT2D eigenvalue weighted by molar-refractivity contribution is 6.31. The molecule has 1 heterocycles. The van der Waals surface area contributed by atoms with Crippen LogP contribution in [0.5, 0.6) is 0 Å². The van der Waals surface area contributed by atoms with Crippen molar-refractivity contribution < 1.29 is 13.9 Å². The molecule has 0 saturated carbocycles. The lowest BCUT2D eigenvalue weighted by molar-refractivity contribution is -0.121. The fraction of sp³-hybridized carbons (Fsp3) is 0.462. The van der Waals surface area contributed by atoms with Gasteiger partial charge in [0, 0.05) is 25.2 Å². The van der Waals surface area contributed by atoms with Crippen LogP contribution in [0.25, 0.3) is 0 Å². The van der Waals surface area contributed by atoms with E-state index in [2.05, 4.69) is 10.6 Å². The monoisotopic (exact) mass is 286 g/mol. The van der Waals surface area contributed by atoms with Crippen molar-refractivity contribution >= 4 is 17.5 Å². The highest BCUT2D eigenvalue weighted by atomic mass is 35.5. The Kier molecular flexibility index (Phi) is 4.74. The van der Waals surface area contributed by atoms with Crippen molar-refractivity contribution in [3.05, 3.63) is 34.6 Å². The quantitative estimate of drug-likeness (QED) is 0.872. The lowest BCUT2D eigenvalue weighted by Gasteiger charge is -2.18. The molecule has 0 radical (unpaired) electrons. The standard InChI is InChI=1S/C13H16ClFN2O2/c1-19-12-7-16-6-11(12)17-13(18)4-8-2-3-9(15)5-10(8)14/h2-3,5,11-12,16H,4,6-7H2,1H3,(H,17,18). The number of hydrogen-bond donors (Lipinski definition) is 2. The molecule has 1 aliphatic rings.